The molecule has 0 saturated carbocycles. The fourth-order valence-corrected chi connectivity index (χ4v) is 6.01. The number of nitriles is 1. The number of benzene rings is 2. The van der Waals surface area contributed by atoms with Crippen molar-refractivity contribution in [2.75, 3.05) is 26.2 Å². The highest BCUT2D eigenvalue weighted by atomic mass is 32.1. The Morgan fingerprint density at radius 3 is 2.00 bits per heavy atom. The summed E-state index contributed by atoms with van der Waals surface area (Å²) in [6.45, 7) is 5.89. The Balaban J connectivity index is 0.00000148. The SMILES string of the molecule is CCc1ccc(C(=O)C2CCN(C(=O)c3ccc(C(=O)CC4CCN(Cc5ccc(C#N)cc5)CC4)nc3)CC2)cc1.O=S=O. The molecule has 0 N–H and O–H groups in total. The molecule has 0 aliphatic carbocycles. The van der Waals surface area contributed by atoms with Crippen LogP contribution >= 0.6 is 0 Å². The number of nitrogens with zero attached hydrogens (tertiary/aromatic N) is 4. The van der Waals surface area contributed by atoms with E-state index in [1.165, 1.54) is 17.3 Å². The van der Waals surface area contributed by atoms with Gasteiger partial charge in [-0.3, -0.25) is 24.3 Å². The third-order valence-electron chi connectivity index (χ3n) is 8.77. The number of carbonyl (C=O) groups excluding carboxylic acids is 3. The number of amides is 1. The number of Topliss-reactive ketones (excluding diaryl/α,β-unsaturated/α-hetero) is 2. The predicted molar refractivity (Wildman–Crippen MR) is 170 cm³/mol. The smallest absolute Gasteiger partial charge is 0.335 e. The van der Waals surface area contributed by atoms with Crippen LogP contribution < -0.4 is 0 Å². The van der Waals surface area contributed by atoms with Crippen LogP contribution in [0.2, 0.25) is 0 Å². The molecule has 3 aromatic rings. The van der Waals surface area contributed by atoms with Gasteiger partial charge in [-0.1, -0.05) is 43.3 Å². The van der Waals surface area contributed by atoms with Crippen molar-refractivity contribution in [3.63, 3.8) is 0 Å². The normalized spacial score (nSPS) is 15.8. The molecule has 1 amide bonds. The van der Waals surface area contributed by atoms with Gasteiger partial charge in [0, 0.05) is 43.7 Å². The molecule has 10 heteroatoms. The molecule has 0 unspecified atom stereocenters. The van der Waals surface area contributed by atoms with Crippen LogP contribution in [0.15, 0.2) is 66.9 Å². The molecule has 2 aliphatic heterocycles. The highest BCUT2D eigenvalue weighted by Crippen LogP contribution is 2.25. The van der Waals surface area contributed by atoms with Crippen molar-refractivity contribution < 1.29 is 22.8 Å². The standard InChI is InChI=1S/C35H38N4O3.O2S/c1-2-25-7-9-29(10-8-25)34(41)30-15-19-39(20-16-30)35(42)31-11-12-32(37-23-31)33(40)21-26-13-17-38(18-14-26)24-28-5-3-27(22-36)4-6-28;1-3-2/h3-12,23,26,30H,2,13-21,24H2,1H3;. The third kappa shape index (κ3) is 9.33. The molecule has 9 nitrogen and oxygen atoms in total. The van der Waals surface area contributed by atoms with E-state index < -0.39 is 11.6 Å². The van der Waals surface area contributed by atoms with Gasteiger partial charge in [-0.15, -0.1) is 0 Å². The Morgan fingerprint density at radius 2 is 1.44 bits per heavy atom. The maximum absolute atomic E-state index is 13.1. The van der Waals surface area contributed by atoms with Crippen LogP contribution in [-0.4, -0.2) is 66.9 Å². The summed E-state index contributed by atoms with van der Waals surface area (Å²) in [4.78, 5) is 47.5. The minimum Gasteiger partial charge on any atom is -0.339 e. The Kier molecular flexibility index (Phi) is 12.4. The number of ketones is 2. The molecule has 2 aromatic carbocycles. The molecule has 3 heterocycles. The number of carbonyl (C=O) groups is 3. The van der Waals surface area contributed by atoms with Crippen LogP contribution in [0.5, 0.6) is 0 Å². The fraction of sp³-hybridized carbons (Fsp3) is 0.400. The lowest BCUT2D eigenvalue weighted by Crippen LogP contribution is -2.40. The van der Waals surface area contributed by atoms with Crippen molar-refractivity contribution in [1.82, 2.24) is 14.8 Å². The summed E-state index contributed by atoms with van der Waals surface area (Å²) in [7, 11) is 0. The summed E-state index contributed by atoms with van der Waals surface area (Å²) >= 11 is -0.750. The number of pyridine rings is 1. The molecule has 2 fully saturated rings. The van der Waals surface area contributed by atoms with Crippen molar-refractivity contribution in [3.05, 3.63) is 100 Å². The molecule has 0 radical (unpaired) electrons. The summed E-state index contributed by atoms with van der Waals surface area (Å²) in [6, 6.07) is 21.1. The van der Waals surface area contributed by atoms with E-state index >= 15 is 0 Å². The maximum atomic E-state index is 13.1. The van der Waals surface area contributed by atoms with Gasteiger partial charge in [0.15, 0.2) is 11.6 Å². The van der Waals surface area contributed by atoms with E-state index in [1.807, 2.05) is 48.5 Å². The van der Waals surface area contributed by atoms with Crippen molar-refractivity contribution >= 4 is 29.0 Å². The molecule has 5 rings (SSSR count). The molecule has 1 aromatic heterocycles. The number of aryl methyl sites for hydroxylation is 1. The van der Waals surface area contributed by atoms with Gasteiger partial charge in [0.2, 0.25) is 0 Å². The number of hydrogen-bond donors (Lipinski definition) is 0. The van der Waals surface area contributed by atoms with Crippen LogP contribution in [0.4, 0.5) is 0 Å². The van der Waals surface area contributed by atoms with Crippen molar-refractivity contribution in [2.24, 2.45) is 11.8 Å². The Hall–Kier alpha value is -4.33. The van der Waals surface area contributed by atoms with Crippen LogP contribution in [0.3, 0.4) is 0 Å². The highest BCUT2D eigenvalue weighted by molar-refractivity contribution is 7.51. The third-order valence-corrected chi connectivity index (χ3v) is 8.77. The van der Waals surface area contributed by atoms with Gasteiger partial charge in [0.05, 0.1) is 17.2 Å². The lowest BCUT2D eigenvalue weighted by atomic mass is 9.88. The van der Waals surface area contributed by atoms with Crippen LogP contribution in [-0.2, 0) is 24.5 Å². The Morgan fingerprint density at radius 1 is 0.844 bits per heavy atom. The van der Waals surface area contributed by atoms with Crippen LogP contribution in [0.1, 0.15) is 86.9 Å². The summed E-state index contributed by atoms with van der Waals surface area (Å²) in [5.41, 5.74) is 4.70. The fourth-order valence-electron chi connectivity index (χ4n) is 6.01. The second-order valence-corrected chi connectivity index (χ2v) is 11.8. The molecule has 2 saturated heterocycles. The number of likely N-dealkylation sites (tertiary alicyclic amines) is 2. The first-order chi connectivity index (χ1) is 21.8. The van der Waals surface area contributed by atoms with Gasteiger partial charge in [0.1, 0.15) is 5.69 Å². The van der Waals surface area contributed by atoms with E-state index in [-0.39, 0.29) is 23.4 Å². The molecule has 2 aliphatic rings. The Bertz CT molecular complexity index is 1530. The minimum atomic E-state index is -0.750. The molecule has 0 bridgehead atoms. The first-order valence-electron chi connectivity index (χ1n) is 15.4. The van der Waals surface area contributed by atoms with E-state index in [9.17, 15) is 14.4 Å². The zero-order valence-corrected chi connectivity index (χ0v) is 26.3. The topological polar surface area (TPSA) is 129 Å². The summed E-state index contributed by atoms with van der Waals surface area (Å²) in [6.07, 6.45) is 6.15. The van der Waals surface area contributed by atoms with Gasteiger partial charge in [-0.25, -0.2) is 0 Å². The molecular formula is C35H38N4O5S. The van der Waals surface area contributed by atoms with Gasteiger partial charge >= 0.3 is 11.6 Å². The average Bonchev–Trinajstić information content (AvgIpc) is 3.09. The van der Waals surface area contributed by atoms with Gasteiger partial charge in [0.25, 0.3) is 5.91 Å². The number of piperidine rings is 2. The molecule has 0 atom stereocenters. The number of rotatable bonds is 9. The minimum absolute atomic E-state index is 0.0193. The highest BCUT2D eigenvalue weighted by Gasteiger charge is 2.29. The van der Waals surface area contributed by atoms with Crippen molar-refractivity contribution in [1.29, 1.82) is 5.26 Å². The van der Waals surface area contributed by atoms with Gasteiger partial charge in [-0.05, 0) is 86.5 Å². The maximum Gasteiger partial charge on any atom is 0.335 e. The molecule has 234 valence electrons. The first kappa shape index (κ1) is 33.6. The van der Waals surface area contributed by atoms with Gasteiger partial charge in [-0.2, -0.15) is 13.7 Å². The first-order valence-corrected chi connectivity index (χ1v) is 16.1. The predicted octanol–water partition coefficient (Wildman–Crippen LogP) is 5.07. The second kappa shape index (κ2) is 16.7. The summed E-state index contributed by atoms with van der Waals surface area (Å²) < 4.78 is 16.6. The van der Waals surface area contributed by atoms with Crippen molar-refractivity contribution in [3.8, 4) is 6.07 Å². The van der Waals surface area contributed by atoms with E-state index in [2.05, 4.69) is 22.9 Å². The van der Waals surface area contributed by atoms with E-state index in [1.54, 1.807) is 17.0 Å². The lowest BCUT2D eigenvalue weighted by molar-refractivity contribution is 0.0649. The quantitative estimate of drug-likeness (QED) is 0.301. The largest absolute Gasteiger partial charge is 0.339 e. The number of hydrogen-bond acceptors (Lipinski definition) is 8. The molecule has 0 spiro atoms. The summed E-state index contributed by atoms with van der Waals surface area (Å²) in [5, 5.41) is 8.97. The van der Waals surface area contributed by atoms with E-state index in [4.69, 9.17) is 13.7 Å². The zero-order chi connectivity index (χ0) is 32.2. The number of aromatic nitrogens is 1. The van der Waals surface area contributed by atoms with Crippen LogP contribution in [0.25, 0.3) is 0 Å². The van der Waals surface area contributed by atoms with E-state index in [0.717, 1.165) is 44.5 Å². The monoisotopic (exact) mass is 626 g/mol. The van der Waals surface area contributed by atoms with Crippen LogP contribution in [0, 0.1) is 23.2 Å². The average molecular weight is 627 g/mol. The van der Waals surface area contributed by atoms with E-state index in [0.29, 0.717) is 55.1 Å². The second-order valence-electron chi connectivity index (χ2n) is 11.6. The van der Waals surface area contributed by atoms with Gasteiger partial charge < -0.3 is 4.90 Å². The molecule has 45 heavy (non-hydrogen) atoms. The van der Waals surface area contributed by atoms with Crippen molar-refractivity contribution in [2.45, 2.75) is 52.0 Å². The Labute approximate surface area is 267 Å². The molecular weight excluding hydrogens is 588 g/mol. The summed E-state index contributed by atoms with van der Waals surface area (Å²) in [5.74, 6) is 0.334. The lowest BCUT2D eigenvalue weighted by Gasteiger charge is -2.31. The zero-order valence-electron chi connectivity index (χ0n) is 25.5.